The molecule has 1 unspecified atom stereocenters. The molecule has 1 atom stereocenters. The minimum absolute atomic E-state index is 0.0311. The molecule has 2 amide bonds. The maximum absolute atomic E-state index is 13.5. The minimum Gasteiger partial charge on any atom is -0.354 e. The van der Waals surface area contributed by atoms with Crippen LogP contribution in [0.2, 0.25) is 0 Å². The van der Waals surface area contributed by atoms with Gasteiger partial charge in [0.2, 0.25) is 11.8 Å². The lowest BCUT2D eigenvalue weighted by atomic mass is 10.0. The summed E-state index contributed by atoms with van der Waals surface area (Å²) in [5.74, 6) is 0.933. The zero-order valence-electron chi connectivity index (χ0n) is 19.5. The second kappa shape index (κ2) is 14.0. The van der Waals surface area contributed by atoms with Gasteiger partial charge in [-0.25, -0.2) is 0 Å². The Morgan fingerprint density at radius 3 is 2.12 bits per heavy atom. The van der Waals surface area contributed by atoms with Crippen molar-refractivity contribution in [2.45, 2.75) is 38.1 Å². The van der Waals surface area contributed by atoms with Crippen LogP contribution in [0.3, 0.4) is 0 Å². The molecule has 34 heavy (non-hydrogen) atoms. The van der Waals surface area contributed by atoms with Crippen LogP contribution < -0.4 is 5.32 Å². The van der Waals surface area contributed by atoms with Gasteiger partial charge in [0.05, 0.1) is 5.75 Å². The zero-order chi connectivity index (χ0) is 24.2. The molecular weight excluding hydrogens is 508 g/mol. The van der Waals surface area contributed by atoms with E-state index in [9.17, 15) is 9.59 Å². The van der Waals surface area contributed by atoms with Gasteiger partial charge in [-0.05, 0) is 35.2 Å². The van der Waals surface area contributed by atoms with Gasteiger partial charge in [0.25, 0.3) is 0 Å². The number of carbonyl (C=O) groups excluding carboxylic acids is 2. The first-order valence-corrected chi connectivity index (χ1v) is 13.5. The van der Waals surface area contributed by atoms with Crippen molar-refractivity contribution in [3.63, 3.8) is 0 Å². The molecule has 6 heteroatoms. The van der Waals surface area contributed by atoms with Gasteiger partial charge < -0.3 is 10.2 Å². The molecule has 0 heterocycles. The van der Waals surface area contributed by atoms with Gasteiger partial charge in [0.15, 0.2) is 0 Å². The van der Waals surface area contributed by atoms with Crippen molar-refractivity contribution in [1.29, 1.82) is 0 Å². The van der Waals surface area contributed by atoms with Gasteiger partial charge in [0, 0.05) is 29.7 Å². The predicted molar refractivity (Wildman–Crippen MR) is 145 cm³/mol. The van der Waals surface area contributed by atoms with Crippen LogP contribution in [0, 0.1) is 0 Å². The molecule has 3 rings (SSSR count). The SMILES string of the molecule is CCCNC(=O)C(Cc1ccccc1)N(Cc1ccc(Br)cc1)C(=O)CSCc1ccccc1. The summed E-state index contributed by atoms with van der Waals surface area (Å²) in [6.45, 7) is 3.00. The van der Waals surface area contributed by atoms with Gasteiger partial charge in [0.1, 0.15) is 6.04 Å². The third-order valence-electron chi connectivity index (χ3n) is 5.42. The number of carbonyl (C=O) groups is 2. The number of rotatable bonds is 12. The Balaban J connectivity index is 1.82. The van der Waals surface area contributed by atoms with Gasteiger partial charge >= 0.3 is 0 Å². The van der Waals surface area contributed by atoms with E-state index >= 15 is 0 Å². The number of thioether (sulfide) groups is 1. The molecule has 0 aliphatic heterocycles. The largest absolute Gasteiger partial charge is 0.354 e. The lowest BCUT2D eigenvalue weighted by Gasteiger charge is -2.31. The van der Waals surface area contributed by atoms with Crippen LogP contribution in [0.25, 0.3) is 0 Å². The molecule has 0 radical (unpaired) electrons. The standard InChI is InChI=1S/C28H31BrN2O2S/c1-2-17-30-28(33)26(18-22-9-5-3-6-10-22)31(19-23-13-15-25(29)16-14-23)27(32)21-34-20-24-11-7-4-8-12-24/h3-16,26H,2,17-21H2,1H3,(H,30,33). The molecular formula is C28H31BrN2O2S. The zero-order valence-corrected chi connectivity index (χ0v) is 21.9. The van der Waals surface area contributed by atoms with Gasteiger partial charge in [-0.1, -0.05) is 95.7 Å². The van der Waals surface area contributed by atoms with Crippen LogP contribution in [0.5, 0.6) is 0 Å². The van der Waals surface area contributed by atoms with Crippen molar-refractivity contribution >= 4 is 39.5 Å². The van der Waals surface area contributed by atoms with Gasteiger partial charge in [-0.3, -0.25) is 9.59 Å². The third-order valence-corrected chi connectivity index (χ3v) is 6.94. The first-order valence-electron chi connectivity index (χ1n) is 11.5. The molecule has 1 N–H and O–H groups in total. The fourth-order valence-corrected chi connectivity index (χ4v) is 4.75. The molecule has 0 aliphatic carbocycles. The first-order chi connectivity index (χ1) is 16.6. The van der Waals surface area contributed by atoms with Crippen LogP contribution >= 0.6 is 27.7 Å². The minimum atomic E-state index is -0.581. The summed E-state index contributed by atoms with van der Waals surface area (Å²) < 4.78 is 0.981. The average Bonchev–Trinajstić information content (AvgIpc) is 2.87. The van der Waals surface area contributed by atoms with Gasteiger partial charge in [-0.15, -0.1) is 11.8 Å². The number of benzene rings is 3. The van der Waals surface area contributed by atoms with E-state index < -0.39 is 6.04 Å². The number of amides is 2. The third kappa shape index (κ3) is 8.33. The van der Waals surface area contributed by atoms with E-state index in [4.69, 9.17) is 0 Å². The van der Waals surface area contributed by atoms with E-state index in [0.717, 1.165) is 27.8 Å². The van der Waals surface area contributed by atoms with Crippen molar-refractivity contribution < 1.29 is 9.59 Å². The summed E-state index contributed by atoms with van der Waals surface area (Å²) >= 11 is 5.05. The van der Waals surface area contributed by atoms with Gasteiger partial charge in [-0.2, -0.15) is 0 Å². The molecule has 4 nitrogen and oxygen atoms in total. The molecule has 0 aliphatic rings. The molecule has 0 spiro atoms. The quantitative estimate of drug-likeness (QED) is 0.314. The Bertz CT molecular complexity index is 1030. The highest BCUT2D eigenvalue weighted by molar-refractivity contribution is 9.10. The molecule has 0 fully saturated rings. The maximum Gasteiger partial charge on any atom is 0.243 e. The van der Waals surface area contributed by atoms with Crippen LogP contribution in [-0.4, -0.2) is 35.1 Å². The number of nitrogens with zero attached hydrogens (tertiary/aromatic N) is 1. The highest BCUT2D eigenvalue weighted by atomic mass is 79.9. The summed E-state index contributed by atoms with van der Waals surface area (Å²) in [7, 11) is 0. The highest BCUT2D eigenvalue weighted by Crippen LogP contribution is 2.19. The topological polar surface area (TPSA) is 49.4 Å². The van der Waals surface area contributed by atoms with Crippen LogP contribution in [0.1, 0.15) is 30.0 Å². The summed E-state index contributed by atoms with van der Waals surface area (Å²) in [6.07, 6.45) is 1.32. The van der Waals surface area contributed by atoms with Crippen LogP contribution in [0.4, 0.5) is 0 Å². The van der Waals surface area contributed by atoms with E-state index in [2.05, 4.69) is 33.4 Å². The van der Waals surface area contributed by atoms with E-state index in [1.807, 2.05) is 79.7 Å². The maximum atomic E-state index is 13.5. The van der Waals surface area contributed by atoms with Crippen molar-refractivity contribution in [3.05, 3.63) is 106 Å². The Kier molecular flexibility index (Phi) is 10.7. The normalized spacial score (nSPS) is 11.6. The Morgan fingerprint density at radius 2 is 1.50 bits per heavy atom. The summed E-state index contributed by atoms with van der Waals surface area (Å²) in [5.41, 5.74) is 3.21. The smallest absolute Gasteiger partial charge is 0.243 e. The molecule has 3 aromatic carbocycles. The fraction of sp³-hybridized carbons (Fsp3) is 0.286. The monoisotopic (exact) mass is 538 g/mol. The van der Waals surface area contributed by atoms with Crippen molar-refractivity contribution in [1.82, 2.24) is 10.2 Å². The van der Waals surface area contributed by atoms with E-state index in [1.54, 1.807) is 16.7 Å². The molecule has 0 bridgehead atoms. The van der Waals surface area contributed by atoms with Crippen LogP contribution in [-0.2, 0) is 28.3 Å². The molecule has 0 saturated carbocycles. The Labute approximate surface area is 215 Å². The van der Waals surface area contributed by atoms with E-state index in [1.165, 1.54) is 5.56 Å². The predicted octanol–water partition coefficient (Wildman–Crippen LogP) is 5.85. The number of hydrogen-bond donors (Lipinski definition) is 1. The summed E-state index contributed by atoms with van der Waals surface area (Å²) in [5, 5.41) is 3.02. The van der Waals surface area contributed by atoms with E-state index in [-0.39, 0.29) is 11.8 Å². The van der Waals surface area contributed by atoms with Crippen molar-refractivity contribution in [3.8, 4) is 0 Å². The average molecular weight is 540 g/mol. The lowest BCUT2D eigenvalue weighted by Crippen LogP contribution is -2.51. The van der Waals surface area contributed by atoms with Crippen molar-refractivity contribution in [2.24, 2.45) is 0 Å². The lowest BCUT2D eigenvalue weighted by molar-refractivity contribution is -0.139. The van der Waals surface area contributed by atoms with Crippen LogP contribution in [0.15, 0.2) is 89.4 Å². The highest BCUT2D eigenvalue weighted by Gasteiger charge is 2.30. The van der Waals surface area contributed by atoms with Crippen molar-refractivity contribution in [2.75, 3.05) is 12.3 Å². The van der Waals surface area contributed by atoms with E-state index in [0.29, 0.717) is 25.3 Å². The molecule has 178 valence electrons. The number of halogens is 1. The molecule has 3 aromatic rings. The Morgan fingerprint density at radius 1 is 0.882 bits per heavy atom. The second-order valence-corrected chi connectivity index (χ2v) is 10.0. The number of hydrogen-bond acceptors (Lipinski definition) is 3. The second-order valence-electron chi connectivity index (χ2n) is 8.12. The fourth-order valence-electron chi connectivity index (χ4n) is 3.62. The molecule has 0 saturated heterocycles. The number of nitrogens with one attached hydrogen (secondary N) is 1. The first kappa shape index (κ1) is 26.0. The summed E-state index contributed by atoms with van der Waals surface area (Å²) in [6, 6.07) is 27.4. The molecule has 0 aromatic heterocycles. The Hall–Kier alpha value is -2.57. The summed E-state index contributed by atoms with van der Waals surface area (Å²) in [4.78, 5) is 28.6.